The Bertz CT molecular complexity index is 600. The smallest absolute Gasteiger partial charge is 0.252 e. The summed E-state index contributed by atoms with van der Waals surface area (Å²) in [6.07, 6.45) is 0.813. The fourth-order valence-corrected chi connectivity index (χ4v) is 3.62. The van der Waals surface area contributed by atoms with Gasteiger partial charge in [-0.15, -0.1) is 11.3 Å². The summed E-state index contributed by atoms with van der Waals surface area (Å²) < 4.78 is 1.83. The van der Waals surface area contributed by atoms with E-state index in [-0.39, 0.29) is 5.91 Å². The van der Waals surface area contributed by atoms with Crippen LogP contribution in [0.3, 0.4) is 0 Å². The first kappa shape index (κ1) is 15.0. The molecular weight excluding hydrogens is 413 g/mol. The van der Waals surface area contributed by atoms with Gasteiger partial charge in [0.15, 0.2) is 0 Å². The lowest BCUT2D eigenvalue weighted by Crippen LogP contribution is -2.25. The van der Waals surface area contributed by atoms with Gasteiger partial charge in [0.1, 0.15) is 0 Å². The highest BCUT2D eigenvalue weighted by molar-refractivity contribution is 9.11. The molecule has 0 spiro atoms. The van der Waals surface area contributed by atoms with E-state index >= 15 is 0 Å². The topological polar surface area (TPSA) is 29.1 Å². The third-order valence-electron chi connectivity index (χ3n) is 2.48. The monoisotopic (exact) mass is 421 g/mol. The van der Waals surface area contributed by atoms with Crippen LogP contribution < -0.4 is 5.32 Å². The van der Waals surface area contributed by atoms with Gasteiger partial charge >= 0.3 is 0 Å². The molecule has 1 heterocycles. The van der Waals surface area contributed by atoms with Crippen LogP contribution in [0.5, 0.6) is 0 Å². The summed E-state index contributed by atoms with van der Waals surface area (Å²) in [6, 6.07) is 9.37. The molecule has 19 heavy (non-hydrogen) atoms. The number of thiophene rings is 1. The highest BCUT2D eigenvalue weighted by Crippen LogP contribution is 2.26. The molecule has 0 fully saturated rings. The molecule has 0 bridgehead atoms. The van der Waals surface area contributed by atoms with Crippen LogP contribution in [0.1, 0.15) is 15.2 Å². The highest BCUT2D eigenvalue weighted by atomic mass is 79.9. The maximum absolute atomic E-state index is 12.0. The lowest BCUT2D eigenvalue weighted by atomic mass is 10.2. The molecule has 0 radical (unpaired) electrons. The van der Waals surface area contributed by atoms with Crippen molar-refractivity contribution in [2.75, 3.05) is 6.54 Å². The average molecular weight is 424 g/mol. The molecule has 1 aromatic carbocycles. The fourth-order valence-electron chi connectivity index (χ4n) is 1.56. The van der Waals surface area contributed by atoms with Crippen LogP contribution in [0.15, 0.2) is 38.6 Å². The Balaban J connectivity index is 1.93. The molecule has 1 N–H and O–H groups in total. The minimum absolute atomic E-state index is 0.151. The minimum atomic E-state index is -0.151. The van der Waals surface area contributed by atoms with Gasteiger partial charge < -0.3 is 5.32 Å². The second-order valence-electron chi connectivity index (χ2n) is 3.81. The first-order valence-corrected chi connectivity index (χ1v) is 8.32. The molecule has 100 valence electrons. The maximum Gasteiger partial charge on any atom is 0.252 e. The van der Waals surface area contributed by atoms with Crippen LogP contribution in [-0.2, 0) is 6.42 Å². The largest absolute Gasteiger partial charge is 0.352 e. The van der Waals surface area contributed by atoms with E-state index in [9.17, 15) is 4.79 Å². The van der Waals surface area contributed by atoms with Gasteiger partial charge in [-0.2, -0.15) is 0 Å². The van der Waals surface area contributed by atoms with Crippen molar-refractivity contribution in [3.05, 3.63) is 54.1 Å². The zero-order valence-corrected chi connectivity index (χ0v) is 14.5. The molecule has 2 aromatic rings. The van der Waals surface area contributed by atoms with Gasteiger partial charge in [-0.05, 0) is 62.5 Å². The third-order valence-corrected chi connectivity index (χ3v) is 5.46. The summed E-state index contributed by atoms with van der Waals surface area (Å²) >= 11 is 14.5. The molecular formula is C13H10Br2ClNOS. The number of halogens is 3. The van der Waals surface area contributed by atoms with Crippen LogP contribution in [-0.4, -0.2) is 12.5 Å². The van der Waals surface area contributed by atoms with E-state index in [1.165, 1.54) is 4.88 Å². The van der Waals surface area contributed by atoms with E-state index < -0.39 is 0 Å². The predicted octanol–water partition coefficient (Wildman–Crippen LogP) is 4.90. The summed E-state index contributed by atoms with van der Waals surface area (Å²) in [5.74, 6) is -0.151. The van der Waals surface area contributed by atoms with E-state index in [1.54, 1.807) is 23.5 Å². The van der Waals surface area contributed by atoms with Crippen molar-refractivity contribution in [3.8, 4) is 0 Å². The van der Waals surface area contributed by atoms with E-state index in [0.29, 0.717) is 17.1 Å². The lowest BCUT2D eigenvalue weighted by Gasteiger charge is -2.07. The number of carbonyl (C=O) groups is 1. The molecule has 2 nitrogen and oxygen atoms in total. The predicted molar refractivity (Wildman–Crippen MR) is 87.2 cm³/mol. The van der Waals surface area contributed by atoms with Crippen molar-refractivity contribution < 1.29 is 4.79 Å². The van der Waals surface area contributed by atoms with Gasteiger partial charge in [-0.25, -0.2) is 0 Å². The molecule has 0 aliphatic rings. The average Bonchev–Trinajstić information content (AvgIpc) is 2.78. The van der Waals surface area contributed by atoms with Crippen LogP contribution in [0.4, 0.5) is 0 Å². The van der Waals surface area contributed by atoms with Gasteiger partial charge in [-0.3, -0.25) is 4.79 Å². The number of nitrogens with one attached hydrogen (secondary N) is 1. The Labute approximate surface area is 137 Å². The third kappa shape index (κ3) is 4.05. The first-order chi connectivity index (χ1) is 9.08. The van der Waals surface area contributed by atoms with Crippen molar-refractivity contribution in [1.82, 2.24) is 5.32 Å². The maximum atomic E-state index is 12.0. The van der Waals surface area contributed by atoms with Crippen molar-refractivity contribution in [1.29, 1.82) is 0 Å². The Morgan fingerprint density at radius 2 is 2.05 bits per heavy atom. The molecule has 0 saturated heterocycles. The van der Waals surface area contributed by atoms with E-state index in [2.05, 4.69) is 37.2 Å². The lowest BCUT2D eigenvalue weighted by molar-refractivity contribution is 0.0954. The van der Waals surface area contributed by atoms with Crippen molar-refractivity contribution >= 4 is 60.7 Å². The number of carbonyl (C=O) groups excluding carboxylic acids is 1. The normalized spacial score (nSPS) is 10.5. The van der Waals surface area contributed by atoms with Gasteiger partial charge in [0.05, 0.1) is 14.4 Å². The second kappa shape index (κ2) is 6.88. The zero-order chi connectivity index (χ0) is 13.8. The molecule has 0 aliphatic heterocycles. The summed E-state index contributed by atoms with van der Waals surface area (Å²) in [5, 5.41) is 3.32. The van der Waals surface area contributed by atoms with Gasteiger partial charge in [0.2, 0.25) is 0 Å². The Kier molecular flexibility index (Phi) is 5.45. The standard InChI is InChI=1S/C13H10Br2ClNOS/c14-10-3-1-2-9(12(10)16)13(18)17-7-6-8-4-5-11(15)19-8/h1-5H,6-7H2,(H,17,18). The Morgan fingerprint density at radius 1 is 1.26 bits per heavy atom. The zero-order valence-electron chi connectivity index (χ0n) is 9.75. The fraction of sp³-hybridized carbons (Fsp3) is 0.154. The molecule has 0 saturated carbocycles. The van der Waals surface area contributed by atoms with Crippen LogP contribution in [0.2, 0.25) is 5.02 Å². The van der Waals surface area contributed by atoms with Gasteiger partial charge in [-0.1, -0.05) is 17.7 Å². The molecule has 0 unspecified atom stereocenters. The van der Waals surface area contributed by atoms with Crippen molar-refractivity contribution in [3.63, 3.8) is 0 Å². The molecule has 6 heteroatoms. The first-order valence-electron chi connectivity index (χ1n) is 5.54. The number of benzene rings is 1. The number of rotatable bonds is 4. The van der Waals surface area contributed by atoms with Crippen LogP contribution in [0.25, 0.3) is 0 Å². The van der Waals surface area contributed by atoms with Crippen LogP contribution in [0, 0.1) is 0 Å². The number of hydrogen-bond donors (Lipinski definition) is 1. The summed E-state index contributed by atoms with van der Waals surface area (Å²) in [7, 11) is 0. The van der Waals surface area contributed by atoms with E-state index in [0.717, 1.165) is 14.7 Å². The quantitative estimate of drug-likeness (QED) is 0.745. The molecule has 1 amide bonds. The molecule has 0 atom stereocenters. The van der Waals surface area contributed by atoms with E-state index in [4.69, 9.17) is 11.6 Å². The Morgan fingerprint density at radius 3 is 2.74 bits per heavy atom. The summed E-state index contributed by atoms with van der Waals surface area (Å²) in [6.45, 7) is 0.592. The minimum Gasteiger partial charge on any atom is -0.352 e. The summed E-state index contributed by atoms with van der Waals surface area (Å²) in [4.78, 5) is 13.2. The van der Waals surface area contributed by atoms with Gasteiger partial charge in [0.25, 0.3) is 5.91 Å². The van der Waals surface area contributed by atoms with Crippen molar-refractivity contribution in [2.45, 2.75) is 6.42 Å². The Hall–Kier alpha value is -0.360. The molecule has 2 rings (SSSR count). The van der Waals surface area contributed by atoms with Crippen molar-refractivity contribution in [2.24, 2.45) is 0 Å². The second-order valence-corrected chi connectivity index (χ2v) is 7.59. The number of hydrogen-bond acceptors (Lipinski definition) is 2. The molecule has 1 aromatic heterocycles. The highest BCUT2D eigenvalue weighted by Gasteiger charge is 2.11. The number of amides is 1. The summed E-state index contributed by atoms with van der Waals surface area (Å²) in [5.41, 5.74) is 0.489. The molecule has 0 aliphatic carbocycles. The van der Waals surface area contributed by atoms with E-state index in [1.807, 2.05) is 18.2 Å². The van der Waals surface area contributed by atoms with Crippen LogP contribution >= 0.6 is 54.8 Å². The van der Waals surface area contributed by atoms with Gasteiger partial charge in [0, 0.05) is 15.9 Å². The SMILES string of the molecule is O=C(NCCc1ccc(Br)s1)c1cccc(Br)c1Cl.